The highest BCUT2D eigenvalue weighted by molar-refractivity contribution is 7.99. The van der Waals surface area contributed by atoms with Crippen LogP contribution >= 0.6 is 11.8 Å². The zero-order valence-corrected chi connectivity index (χ0v) is 14.3. The summed E-state index contributed by atoms with van der Waals surface area (Å²) in [7, 11) is 0. The van der Waals surface area contributed by atoms with E-state index in [9.17, 15) is 18.0 Å². The van der Waals surface area contributed by atoms with Gasteiger partial charge in [0.15, 0.2) is 0 Å². The summed E-state index contributed by atoms with van der Waals surface area (Å²) in [5.41, 5.74) is -0.417. The molecule has 1 atom stereocenters. The van der Waals surface area contributed by atoms with E-state index in [4.69, 9.17) is 0 Å². The van der Waals surface area contributed by atoms with Crippen molar-refractivity contribution < 1.29 is 18.0 Å². The lowest BCUT2D eigenvalue weighted by Gasteiger charge is -2.27. The molecular weight excluding hydrogens is 335 g/mol. The van der Waals surface area contributed by atoms with Gasteiger partial charge in [0, 0.05) is 18.7 Å². The number of thioether (sulfide) groups is 1. The molecule has 6 heteroatoms. The van der Waals surface area contributed by atoms with Gasteiger partial charge in [0.25, 0.3) is 0 Å². The molecule has 3 rings (SSSR count). The monoisotopic (exact) mass is 357 g/mol. The van der Waals surface area contributed by atoms with E-state index < -0.39 is 17.1 Å². The summed E-state index contributed by atoms with van der Waals surface area (Å²) >= 11 is 1.43. The number of rotatable bonds is 4. The molecule has 1 heterocycles. The highest BCUT2D eigenvalue weighted by Crippen LogP contribution is 2.44. The van der Waals surface area contributed by atoms with Crippen LogP contribution in [0.5, 0.6) is 0 Å². The van der Waals surface area contributed by atoms with Crippen molar-refractivity contribution in [3.05, 3.63) is 35.4 Å². The lowest BCUT2D eigenvalue weighted by molar-refractivity contribution is -0.139. The van der Waals surface area contributed by atoms with Crippen LogP contribution in [0.3, 0.4) is 0 Å². The Kier molecular flexibility index (Phi) is 5.42. The van der Waals surface area contributed by atoms with Gasteiger partial charge in [0.1, 0.15) is 5.37 Å². The van der Waals surface area contributed by atoms with Crippen LogP contribution in [0.2, 0.25) is 0 Å². The number of halogens is 3. The van der Waals surface area contributed by atoms with Gasteiger partial charge in [-0.3, -0.25) is 4.79 Å². The van der Waals surface area contributed by atoms with E-state index in [-0.39, 0.29) is 11.5 Å². The Balaban J connectivity index is 1.72. The van der Waals surface area contributed by atoms with Gasteiger partial charge in [0.2, 0.25) is 5.91 Å². The Morgan fingerprint density at radius 1 is 1.21 bits per heavy atom. The first-order chi connectivity index (χ1) is 11.5. The zero-order chi connectivity index (χ0) is 17.2. The normalized spacial score (nSPS) is 22.3. The molecular formula is C18H22F3NOS. The molecule has 2 fully saturated rings. The summed E-state index contributed by atoms with van der Waals surface area (Å²) < 4.78 is 39.8. The van der Waals surface area contributed by atoms with Crippen LogP contribution in [-0.2, 0) is 11.0 Å². The predicted octanol–water partition coefficient (Wildman–Crippen LogP) is 5.25. The van der Waals surface area contributed by atoms with Crippen LogP contribution in [0.25, 0.3) is 0 Å². The summed E-state index contributed by atoms with van der Waals surface area (Å²) in [4.78, 5) is 14.2. The van der Waals surface area contributed by atoms with Gasteiger partial charge in [-0.1, -0.05) is 43.9 Å². The lowest BCUT2D eigenvalue weighted by Crippen LogP contribution is -2.31. The third kappa shape index (κ3) is 3.90. The summed E-state index contributed by atoms with van der Waals surface area (Å²) in [5, 5.41) is -0.515. The fraction of sp³-hybridized carbons (Fsp3) is 0.611. The molecule has 1 aromatic rings. The predicted molar refractivity (Wildman–Crippen MR) is 89.5 cm³/mol. The maximum absolute atomic E-state index is 13.3. The summed E-state index contributed by atoms with van der Waals surface area (Å²) in [6.07, 6.45) is 1.77. The minimum atomic E-state index is -4.39. The van der Waals surface area contributed by atoms with E-state index in [0.717, 1.165) is 12.5 Å². The van der Waals surface area contributed by atoms with Gasteiger partial charge < -0.3 is 4.90 Å². The van der Waals surface area contributed by atoms with Gasteiger partial charge >= 0.3 is 6.18 Å². The van der Waals surface area contributed by atoms with E-state index in [0.29, 0.717) is 24.6 Å². The summed E-state index contributed by atoms with van der Waals surface area (Å²) in [6.45, 7) is 0.533. The molecule has 24 heavy (non-hydrogen) atoms. The second kappa shape index (κ2) is 7.38. The van der Waals surface area contributed by atoms with E-state index in [2.05, 4.69) is 0 Å². The molecule has 1 aliphatic carbocycles. The van der Waals surface area contributed by atoms with Crippen molar-refractivity contribution in [1.29, 1.82) is 0 Å². The number of amides is 1. The lowest BCUT2D eigenvalue weighted by atomic mass is 10.0. The maximum Gasteiger partial charge on any atom is 0.416 e. The first-order valence-corrected chi connectivity index (χ1v) is 9.59. The summed E-state index contributed by atoms with van der Waals surface area (Å²) in [5.74, 6) is 1.30. The van der Waals surface area contributed by atoms with Crippen molar-refractivity contribution >= 4 is 17.7 Å². The Morgan fingerprint density at radius 3 is 2.62 bits per heavy atom. The molecule has 0 unspecified atom stereocenters. The molecule has 1 saturated carbocycles. The topological polar surface area (TPSA) is 20.3 Å². The van der Waals surface area contributed by atoms with Crippen LogP contribution in [0.1, 0.15) is 55.0 Å². The van der Waals surface area contributed by atoms with Crippen molar-refractivity contribution in [3.8, 4) is 0 Å². The van der Waals surface area contributed by atoms with Crippen molar-refractivity contribution in [1.82, 2.24) is 4.90 Å². The average molecular weight is 357 g/mol. The minimum Gasteiger partial charge on any atom is -0.326 e. The number of benzene rings is 1. The van der Waals surface area contributed by atoms with E-state index in [1.165, 1.54) is 49.6 Å². The van der Waals surface area contributed by atoms with Gasteiger partial charge in [-0.25, -0.2) is 0 Å². The molecule has 1 amide bonds. The first-order valence-electron chi connectivity index (χ1n) is 8.54. The van der Waals surface area contributed by atoms with E-state index >= 15 is 0 Å². The second-order valence-corrected chi connectivity index (χ2v) is 7.77. The number of carbonyl (C=O) groups excluding carboxylic acids is 1. The maximum atomic E-state index is 13.3. The van der Waals surface area contributed by atoms with E-state index in [1.807, 2.05) is 0 Å². The molecule has 0 radical (unpaired) electrons. The fourth-order valence-corrected chi connectivity index (χ4v) is 5.04. The average Bonchev–Trinajstić information content (AvgIpc) is 3.23. The molecule has 0 aromatic heterocycles. The number of alkyl halides is 3. The molecule has 0 spiro atoms. The Hall–Kier alpha value is -1.17. The van der Waals surface area contributed by atoms with Crippen molar-refractivity contribution in [2.75, 3.05) is 12.3 Å². The third-order valence-electron chi connectivity index (χ3n) is 4.98. The SMILES string of the molecule is O=C(CCC1CCCC1)N1CCS[C@H]1c1ccccc1C(F)(F)F. The number of nitrogens with zero attached hydrogens (tertiary/aromatic N) is 1. The minimum absolute atomic E-state index is 0.00567. The van der Waals surface area contributed by atoms with Crippen molar-refractivity contribution in [2.45, 2.75) is 50.1 Å². The molecule has 1 aromatic carbocycles. The number of carbonyl (C=O) groups is 1. The first kappa shape index (κ1) is 17.6. The van der Waals surface area contributed by atoms with Crippen LogP contribution in [0.15, 0.2) is 24.3 Å². The van der Waals surface area contributed by atoms with Crippen molar-refractivity contribution in [3.63, 3.8) is 0 Å². The molecule has 0 bridgehead atoms. The van der Waals surface area contributed by atoms with Gasteiger partial charge in [-0.05, 0) is 24.0 Å². The molecule has 1 aliphatic heterocycles. The van der Waals surface area contributed by atoms with Crippen LogP contribution in [0, 0.1) is 5.92 Å². The standard InChI is InChI=1S/C18H22F3NOS/c19-18(20,21)15-8-4-3-7-14(15)17-22(11-12-24-17)16(23)10-9-13-5-1-2-6-13/h3-4,7-8,13,17H,1-2,5-6,9-12H2/t17-/m0/s1. The van der Waals surface area contributed by atoms with Crippen LogP contribution < -0.4 is 0 Å². The molecule has 2 nitrogen and oxygen atoms in total. The Morgan fingerprint density at radius 2 is 1.92 bits per heavy atom. The molecule has 1 saturated heterocycles. The highest BCUT2D eigenvalue weighted by Gasteiger charge is 2.39. The third-order valence-corrected chi connectivity index (χ3v) is 6.23. The smallest absolute Gasteiger partial charge is 0.326 e. The Labute approximate surface area is 144 Å². The Bertz CT molecular complexity index is 584. The zero-order valence-electron chi connectivity index (χ0n) is 13.5. The van der Waals surface area contributed by atoms with E-state index in [1.54, 1.807) is 11.0 Å². The fourth-order valence-electron chi connectivity index (χ4n) is 3.72. The summed E-state index contributed by atoms with van der Waals surface area (Å²) in [6, 6.07) is 5.63. The van der Waals surface area contributed by atoms with Crippen LogP contribution in [-0.4, -0.2) is 23.1 Å². The number of hydrogen-bond acceptors (Lipinski definition) is 2. The van der Waals surface area contributed by atoms with Gasteiger partial charge in [-0.2, -0.15) is 13.2 Å². The van der Waals surface area contributed by atoms with Gasteiger partial charge in [0.05, 0.1) is 5.56 Å². The highest BCUT2D eigenvalue weighted by atomic mass is 32.2. The second-order valence-electron chi connectivity index (χ2n) is 6.58. The van der Waals surface area contributed by atoms with Crippen molar-refractivity contribution in [2.24, 2.45) is 5.92 Å². The largest absolute Gasteiger partial charge is 0.416 e. The molecule has 132 valence electrons. The van der Waals surface area contributed by atoms with Crippen LogP contribution in [0.4, 0.5) is 13.2 Å². The quantitative estimate of drug-likeness (QED) is 0.733. The number of hydrogen-bond donors (Lipinski definition) is 0. The molecule has 0 N–H and O–H groups in total. The van der Waals surface area contributed by atoms with Gasteiger partial charge in [-0.15, -0.1) is 11.8 Å². The molecule has 2 aliphatic rings.